The number of imidazole rings is 1. The van der Waals surface area contributed by atoms with Gasteiger partial charge in [0.15, 0.2) is 0 Å². The molecule has 2 N–H and O–H groups in total. The Morgan fingerprint density at radius 1 is 1.09 bits per heavy atom. The molecule has 0 unspecified atom stereocenters. The van der Waals surface area contributed by atoms with E-state index in [1.807, 2.05) is 31.1 Å². The first-order valence-electron chi connectivity index (χ1n) is 6.69. The van der Waals surface area contributed by atoms with E-state index in [0.717, 1.165) is 11.2 Å². The highest BCUT2D eigenvalue weighted by Crippen LogP contribution is 2.21. The summed E-state index contributed by atoms with van der Waals surface area (Å²) in [6, 6.07) is 12.0. The number of hydrogen-bond donors (Lipinski definition) is 2. The van der Waals surface area contributed by atoms with Gasteiger partial charge in [-0.2, -0.15) is 0 Å². The Morgan fingerprint density at radius 2 is 1.82 bits per heavy atom. The summed E-state index contributed by atoms with van der Waals surface area (Å²) in [5.41, 5.74) is 2.94. The molecule has 6 nitrogen and oxygen atoms in total. The van der Waals surface area contributed by atoms with Gasteiger partial charge in [0.1, 0.15) is 0 Å². The lowest BCUT2D eigenvalue weighted by Crippen LogP contribution is -2.13. The molecule has 0 aliphatic rings. The van der Waals surface area contributed by atoms with E-state index in [4.69, 9.17) is 0 Å². The number of fused-ring (bicyclic) bond motifs is 1. The average Bonchev–Trinajstić information content (AvgIpc) is 2.94. The predicted molar refractivity (Wildman–Crippen MR) is 87.7 cm³/mol. The molecule has 2 aromatic carbocycles. The largest absolute Gasteiger partial charge is 0.378 e. The van der Waals surface area contributed by atoms with E-state index in [0.29, 0.717) is 11.2 Å². The first kappa shape index (κ1) is 14.4. The van der Waals surface area contributed by atoms with E-state index in [2.05, 4.69) is 14.7 Å². The quantitative estimate of drug-likeness (QED) is 0.775. The van der Waals surface area contributed by atoms with Gasteiger partial charge < -0.3 is 9.88 Å². The van der Waals surface area contributed by atoms with Crippen LogP contribution >= 0.6 is 0 Å². The van der Waals surface area contributed by atoms with Crippen molar-refractivity contribution in [1.82, 2.24) is 9.97 Å². The first-order chi connectivity index (χ1) is 10.5. The van der Waals surface area contributed by atoms with Crippen LogP contribution in [0.3, 0.4) is 0 Å². The summed E-state index contributed by atoms with van der Waals surface area (Å²) in [5, 5.41) is 0. The lowest BCUT2D eigenvalue weighted by atomic mass is 10.3. The molecule has 3 aromatic rings. The lowest BCUT2D eigenvalue weighted by molar-refractivity contribution is 0.601. The van der Waals surface area contributed by atoms with Gasteiger partial charge in [-0.05, 0) is 42.5 Å². The highest BCUT2D eigenvalue weighted by molar-refractivity contribution is 7.92. The van der Waals surface area contributed by atoms with Crippen molar-refractivity contribution in [1.29, 1.82) is 0 Å². The SMILES string of the molecule is CN(C)c1ccc(NS(=O)(=O)c2ccc3nc[nH]c3c2)cc1. The number of nitrogens with one attached hydrogen (secondary N) is 2. The van der Waals surface area contributed by atoms with Crippen LogP contribution in [-0.2, 0) is 10.0 Å². The molecule has 0 atom stereocenters. The van der Waals surface area contributed by atoms with Crippen molar-refractivity contribution in [3.63, 3.8) is 0 Å². The van der Waals surface area contributed by atoms with Crippen molar-refractivity contribution in [2.24, 2.45) is 0 Å². The summed E-state index contributed by atoms with van der Waals surface area (Å²) in [4.78, 5) is 9.13. The summed E-state index contributed by atoms with van der Waals surface area (Å²) in [6.45, 7) is 0. The fourth-order valence-electron chi connectivity index (χ4n) is 2.12. The van der Waals surface area contributed by atoms with Crippen LogP contribution in [0.4, 0.5) is 11.4 Å². The molecular formula is C15H16N4O2S. The zero-order valence-electron chi connectivity index (χ0n) is 12.2. The molecule has 0 spiro atoms. The topological polar surface area (TPSA) is 78.1 Å². The highest BCUT2D eigenvalue weighted by atomic mass is 32.2. The van der Waals surface area contributed by atoms with Crippen LogP contribution in [0.2, 0.25) is 0 Å². The van der Waals surface area contributed by atoms with Crippen molar-refractivity contribution < 1.29 is 8.42 Å². The van der Waals surface area contributed by atoms with Gasteiger partial charge in [-0.1, -0.05) is 0 Å². The number of benzene rings is 2. The standard InChI is InChI=1S/C15H16N4O2S/c1-19(2)12-5-3-11(4-6-12)18-22(20,21)13-7-8-14-15(9-13)17-10-16-14/h3-10,18H,1-2H3,(H,16,17). The van der Waals surface area contributed by atoms with E-state index in [-0.39, 0.29) is 4.90 Å². The molecule has 0 saturated carbocycles. The van der Waals surface area contributed by atoms with Gasteiger partial charge >= 0.3 is 0 Å². The molecule has 0 fully saturated rings. The normalized spacial score (nSPS) is 11.5. The van der Waals surface area contributed by atoms with Crippen LogP contribution in [0.1, 0.15) is 0 Å². The van der Waals surface area contributed by atoms with Crippen LogP contribution < -0.4 is 9.62 Å². The van der Waals surface area contributed by atoms with Crippen LogP contribution in [0, 0.1) is 0 Å². The summed E-state index contributed by atoms with van der Waals surface area (Å²) < 4.78 is 27.4. The predicted octanol–water partition coefficient (Wildman–Crippen LogP) is 2.43. The number of rotatable bonds is 4. The number of sulfonamides is 1. The van der Waals surface area contributed by atoms with E-state index < -0.39 is 10.0 Å². The molecule has 0 aliphatic carbocycles. The smallest absolute Gasteiger partial charge is 0.261 e. The molecule has 114 valence electrons. The average molecular weight is 316 g/mol. The summed E-state index contributed by atoms with van der Waals surface area (Å²) in [7, 11) is 0.232. The number of aromatic amines is 1. The van der Waals surface area contributed by atoms with Crippen LogP contribution in [0.25, 0.3) is 11.0 Å². The molecule has 0 amide bonds. The molecule has 0 saturated heterocycles. The summed E-state index contributed by atoms with van der Waals surface area (Å²) in [6.07, 6.45) is 1.54. The fourth-order valence-corrected chi connectivity index (χ4v) is 3.21. The zero-order chi connectivity index (χ0) is 15.7. The monoisotopic (exact) mass is 316 g/mol. The minimum absolute atomic E-state index is 0.195. The Hall–Kier alpha value is -2.54. The zero-order valence-corrected chi connectivity index (χ0v) is 13.1. The third kappa shape index (κ3) is 2.75. The Bertz CT molecular complexity index is 899. The number of H-pyrrole nitrogens is 1. The van der Waals surface area contributed by atoms with Gasteiger partial charge in [-0.15, -0.1) is 0 Å². The van der Waals surface area contributed by atoms with Gasteiger partial charge in [-0.3, -0.25) is 4.72 Å². The minimum atomic E-state index is -3.63. The highest BCUT2D eigenvalue weighted by Gasteiger charge is 2.15. The van der Waals surface area contributed by atoms with Crippen molar-refractivity contribution in [3.05, 3.63) is 48.8 Å². The van der Waals surface area contributed by atoms with E-state index in [1.165, 1.54) is 6.33 Å². The molecule has 22 heavy (non-hydrogen) atoms. The fraction of sp³-hybridized carbons (Fsp3) is 0.133. The van der Waals surface area contributed by atoms with Gasteiger partial charge in [0, 0.05) is 25.5 Å². The van der Waals surface area contributed by atoms with Gasteiger partial charge in [-0.25, -0.2) is 13.4 Å². The van der Waals surface area contributed by atoms with Gasteiger partial charge in [0.25, 0.3) is 10.0 Å². The van der Waals surface area contributed by atoms with E-state index in [1.54, 1.807) is 30.3 Å². The number of aromatic nitrogens is 2. The summed E-state index contributed by atoms with van der Waals surface area (Å²) in [5.74, 6) is 0. The molecule has 7 heteroatoms. The van der Waals surface area contributed by atoms with Crippen LogP contribution in [-0.4, -0.2) is 32.5 Å². The van der Waals surface area contributed by atoms with Crippen molar-refractivity contribution in [2.45, 2.75) is 4.90 Å². The Kier molecular flexibility index (Phi) is 3.50. The second-order valence-electron chi connectivity index (χ2n) is 5.13. The molecular weight excluding hydrogens is 300 g/mol. The van der Waals surface area contributed by atoms with Crippen molar-refractivity contribution in [2.75, 3.05) is 23.7 Å². The van der Waals surface area contributed by atoms with Crippen molar-refractivity contribution in [3.8, 4) is 0 Å². The van der Waals surface area contributed by atoms with Crippen LogP contribution in [0.5, 0.6) is 0 Å². The number of nitrogens with zero attached hydrogens (tertiary/aromatic N) is 2. The second-order valence-corrected chi connectivity index (χ2v) is 6.81. The third-order valence-corrected chi connectivity index (χ3v) is 4.72. The summed E-state index contributed by atoms with van der Waals surface area (Å²) >= 11 is 0. The first-order valence-corrected chi connectivity index (χ1v) is 8.17. The molecule has 1 aromatic heterocycles. The van der Waals surface area contributed by atoms with Gasteiger partial charge in [0.2, 0.25) is 0 Å². The molecule has 0 aliphatic heterocycles. The second kappa shape index (κ2) is 5.34. The maximum Gasteiger partial charge on any atom is 0.261 e. The van der Waals surface area contributed by atoms with Gasteiger partial charge in [0.05, 0.1) is 22.3 Å². The van der Waals surface area contributed by atoms with E-state index in [9.17, 15) is 8.42 Å². The number of anilines is 2. The maximum absolute atomic E-state index is 12.4. The van der Waals surface area contributed by atoms with Crippen molar-refractivity contribution >= 4 is 32.4 Å². The van der Waals surface area contributed by atoms with E-state index >= 15 is 0 Å². The Balaban J connectivity index is 1.89. The number of hydrogen-bond acceptors (Lipinski definition) is 4. The lowest BCUT2D eigenvalue weighted by Gasteiger charge is -2.13. The Labute approximate surface area is 128 Å². The molecule has 1 heterocycles. The van der Waals surface area contributed by atoms with Crippen LogP contribution in [0.15, 0.2) is 53.7 Å². The molecule has 3 rings (SSSR count). The maximum atomic E-state index is 12.4. The third-order valence-electron chi connectivity index (χ3n) is 3.34. The molecule has 0 bridgehead atoms. The minimum Gasteiger partial charge on any atom is -0.378 e. The molecule has 0 radical (unpaired) electrons. The Morgan fingerprint density at radius 3 is 2.50 bits per heavy atom.